The van der Waals surface area contributed by atoms with Crippen molar-refractivity contribution in [3.05, 3.63) is 0 Å². The van der Waals surface area contributed by atoms with E-state index in [0.717, 1.165) is 6.42 Å². The van der Waals surface area contributed by atoms with E-state index in [0.29, 0.717) is 18.1 Å². The van der Waals surface area contributed by atoms with Crippen LogP contribution in [0.25, 0.3) is 0 Å². The predicted molar refractivity (Wildman–Crippen MR) is 75.7 cm³/mol. The highest BCUT2D eigenvalue weighted by Crippen LogP contribution is 2.29. The molecule has 2 fully saturated rings. The molecule has 3 nitrogen and oxygen atoms in total. The van der Waals surface area contributed by atoms with Crippen molar-refractivity contribution >= 4 is 0 Å². The van der Waals surface area contributed by atoms with Gasteiger partial charge in [-0.25, -0.2) is 0 Å². The molecule has 1 aliphatic heterocycles. The van der Waals surface area contributed by atoms with Crippen LogP contribution in [0.1, 0.15) is 58.3 Å². The molecule has 2 N–H and O–H groups in total. The summed E-state index contributed by atoms with van der Waals surface area (Å²) in [6, 6.07) is 1.55. The molecule has 1 saturated carbocycles. The number of hydrogen-bond acceptors (Lipinski definition) is 3. The quantitative estimate of drug-likeness (QED) is 0.758. The van der Waals surface area contributed by atoms with Gasteiger partial charge in [-0.15, -0.1) is 0 Å². The highest BCUT2D eigenvalue weighted by Gasteiger charge is 2.35. The van der Waals surface area contributed by atoms with Crippen molar-refractivity contribution in [2.45, 2.75) is 82.5 Å². The van der Waals surface area contributed by atoms with Crippen molar-refractivity contribution in [1.82, 2.24) is 10.2 Å². The third-order valence-electron chi connectivity index (χ3n) is 4.99. The van der Waals surface area contributed by atoms with Gasteiger partial charge in [0.15, 0.2) is 0 Å². The summed E-state index contributed by atoms with van der Waals surface area (Å²) in [5.41, 5.74) is 0. The fourth-order valence-corrected chi connectivity index (χ4v) is 3.78. The summed E-state index contributed by atoms with van der Waals surface area (Å²) in [5.74, 6) is 0. The van der Waals surface area contributed by atoms with Crippen LogP contribution in [0.3, 0.4) is 0 Å². The van der Waals surface area contributed by atoms with E-state index in [9.17, 15) is 5.11 Å². The van der Waals surface area contributed by atoms with E-state index in [1.165, 1.54) is 51.5 Å². The molecule has 0 amide bonds. The maximum Gasteiger partial charge on any atom is 0.0695 e. The third kappa shape index (κ3) is 3.25. The van der Waals surface area contributed by atoms with Crippen LogP contribution in [-0.4, -0.2) is 47.8 Å². The van der Waals surface area contributed by atoms with Gasteiger partial charge in [0, 0.05) is 18.1 Å². The van der Waals surface area contributed by atoms with Crippen LogP contribution in [0.5, 0.6) is 0 Å². The van der Waals surface area contributed by atoms with E-state index in [4.69, 9.17) is 0 Å². The Morgan fingerprint density at radius 1 is 1.06 bits per heavy atom. The molecular formula is C15H30N2O. The number of rotatable bonds is 3. The predicted octanol–water partition coefficient (Wildman–Crippen LogP) is 2.14. The number of likely N-dealkylation sites (tertiary alicyclic amines) is 1. The second kappa shape index (κ2) is 6.88. The summed E-state index contributed by atoms with van der Waals surface area (Å²) in [6.45, 7) is 3.46. The lowest BCUT2D eigenvalue weighted by Gasteiger charge is -2.45. The highest BCUT2D eigenvalue weighted by atomic mass is 16.3. The summed E-state index contributed by atoms with van der Waals surface area (Å²) in [5, 5.41) is 13.8. The molecule has 4 atom stereocenters. The number of nitrogens with one attached hydrogen (secondary N) is 1. The molecule has 4 unspecified atom stereocenters. The summed E-state index contributed by atoms with van der Waals surface area (Å²) >= 11 is 0. The minimum absolute atomic E-state index is 0.0999. The lowest BCUT2D eigenvalue weighted by atomic mass is 9.91. The zero-order valence-corrected chi connectivity index (χ0v) is 12.1. The Kier molecular flexibility index (Phi) is 5.46. The van der Waals surface area contributed by atoms with E-state index in [-0.39, 0.29) is 6.10 Å². The smallest absolute Gasteiger partial charge is 0.0695 e. The van der Waals surface area contributed by atoms with Gasteiger partial charge in [-0.1, -0.05) is 25.7 Å². The van der Waals surface area contributed by atoms with Crippen LogP contribution in [0.15, 0.2) is 0 Å². The Morgan fingerprint density at radius 2 is 1.78 bits per heavy atom. The first kappa shape index (κ1) is 14.3. The molecule has 2 aliphatic rings. The Hall–Kier alpha value is -0.120. The molecule has 18 heavy (non-hydrogen) atoms. The zero-order valence-electron chi connectivity index (χ0n) is 12.1. The average molecular weight is 254 g/mol. The maximum absolute atomic E-state index is 10.4. The van der Waals surface area contributed by atoms with Gasteiger partial charge in [-0.2, -0.15) is 0 Å². The molecule has 0 aromatic heterocycles. The number of piperidine rings is 1. The molecule has 1 saturated heterocycles. The molecule has 1 aliphatic carbocycles. The van der Waals surface area contributed by atoms with Gasteiger partial charge in [-0.05, 0) is 46.2 Å². The molecule has 2 rings (SSSR count). The van der Waals surface area contributed by atoms with Crippen molar-refractivity contribution in [3.8, 4) is 0 Å². The van der Waals surface area contributed by atoms with Gasteiger partial charge in [0.1, 0.15) is 0 Å². The van der Waals surface area contributed by atoms with Crippen molar-refractivity contribution in [2.24, 2.45) is 0 Å². The van der Waals surface area contributed by atoms with E-state index < -0.39 is 0 Å². The molecule has 106 valence electrons. The lowest BCUT2D eigenvalue weighted by Crippen LogP contribution is -2.56. The fourth-order valence-electron chi connectivity index (χ4n) is 3.78. The van der Waals surface area contributed by atoms with Gasteiger partial charge in [-0.3, -0.25) is 4.90 Å². The fraction of sp³-hybridized carbons (Fsp3) is 1.00. The largest absolute Gasteiger partial charge is 0.391 e. The monoisotopic (exact) mass is 254 g/mol. The SMILES string of the molecule is CNC(C)C1CCCCN1C1CCCCCC1O. The minimum Gasteiger partial charge on any atom is -0.391 e. The van der Waals surface area contributed by atoms with Crippen molar-refractivity contribution in [1.29, 1.82) is 0 Å². The van der Waals surface area contributed by atoms with E-state index in [2.05, 4.69) is 24.2 Å². The molecular weight excluding hydrogens is 224 g/mol. The van der Waals surface area contributed by atoms with Crippen molar-refractivity contribution in [2.75, 3.05) is 13.6 Å². The molecule has 0 aromatic carbocycles. The molecule has 0 aromatic rings. The van der Waals surface area contributed by atoms with E-state index >= 15 is 0 Å². The highest BCUT2D eigenvalue weighted by molar-refractivity contribution is 4.91. The van der Waals surface area contributed by atoms with E-state index in [1.54, 1.807) is 0 Å². The normalized spacial score (nSPS) is 37.2. The van der Waals surface area contributed by atoms with Crippen molar-refractivity contribution < 1.29 is 5.11 Å². The molecule has 0 spiro atoms. The second-order valence-corrected chi connectivity index (χ2v) is 6.15. The van der Waals surface area contributed by atoms with Gasteiger partial charge >= 0.3 is 0 Å². The third-order valence-corrected chi connectivity index (χ3v) is 4.99. The van der Waals surface area contributed by atoms with Gasteiger partial charge in [0.2, 0.25) is 0 Å². The lowest BCUT2D eigenvalue weighted by molar-refractivity contribution is -0.00448. The minimum atomic E-state index is -0.0999. The average Bonchev–Trinajstić information content (AvgIpc) is 2.62. The van der Waals surface area contributed by atoms with Crippen LogP contribution >= 0.6 is 0 Å². The summed E-state index contributed by atoms with van der Waals surface area (Å²) in [4.78, 5) is 2.63. The molecule has 3 heteroatoms. The second-order valence-electron chi connectivity index (χ2n) is 6.15. The zero-order chi connectivity index (χ0) is 13.0. The van der Waals surface area contributed by atoms with Gasteiger partial charge < -0.3 is 10.4 Å². The Morgan fingerprint density at radius 3 is 2.56 bits per heavy atom. The molecule has 1 heterocycles. The van der Waals surface area contributed by atoms with Crippen LogP contribution < -0.4 is 5.32 Å². The number of nitrogens with zero attached hydrogens (tertiary/aromatic N) is 1. The van der Waals surface area contributed by atoms with Crippen LogP contribution in [0, 0.1) is 0 Å². The first-order chi connectivity index (χ1) is 8.74. The van der Waals surface area contributed by atoms with Crippen molar-refractivity contribution in [3.63, 3.8) is 0 Å². The number of likely N-dealkylation sites (N-methyl/N-ethyl adjacent to an activating group) is 1. The Labute approximate surface area is 112 Å². The number of aliphatic hydroxyl groups is 1. The van der Waals surface area contributed by atoms with Crippen LogP contribution in [0.4, 0.5) is 0 Å². The van der Waals surface area contributed by atoms with Gasteiger partial charge in [0.25, 0.3) is 0 Å². The number of aliphatic hydroxyl groups excluding tert-OH is 1. The Bertz CT molecular complexity index is 247. The standard InChI is InChI=1S/C15H30N2O/c1-12(16-2)13-8-6-7-11-17(13)14-9-4-3-5-10-15(14)18/h12-16,18H,3-11H2,1-2H3. The van der Waals surface area contributed by atoms with Crippen LogP contribution in [-0.2, 0) is 0 Å². The topological polar surface area (TPSA) is 35.5 Å². The van der Waals surface area contributed by atoms with Gasteiger partial charge in [0.05, 0.1) is 6.10 Å². The maximum atomic E-state index is 10.4. The molecule has 0 bridgehead atoms. The summed E-state index contributed by atoms with van der Waals surface area (Å²) < 4.78 is 0. The van der Waals surface area contributed by atoms with Crippen LogP contribution in [0.2, 0.25) is 0 Å². The summed E-state index contributed by atoms with van der Waals surface area (Å²) in [7, 11) is 2.06. The molecule has 0 radical (unpaired) electrons. The first-order valence-electron chi connectivity index (χ1n) is 7.85. The Balaban J connectivity index is 2.06. The van der Waals surface area contributed by atoms with E-state index in [1.807, 2.05) is 0 Å². The first-order valence-corrected chi connectivity index (χ1v) is 7.85. The summed E-state index contributed by atoms with van der Waals surface area (Å²) in [6.07, 6.45) is 9.81. The number of hydrogen-bond donors (Lipinski definition) is 2.